The Labute approximate surface area is 101 Å². The molecule has 17 heavy (non-hydrogen) atoms. The van der Waals surface area contributed by atoms with Gasteiger partial charge in [-0.1, -0.05) is 0 Å². The number of H-pyrrole nitrogens is 1. The zero-order valence-electron chi connectivity index (χ0n) is 10.1. The molecule has 1 aliphatic heterocycles. The van der Waals surface area contributed by atoms with Crippen molar-refractivity contribution in [3.05, 3.63) is 11.6 Å². The first-order valence-corrected chi connectivity index (χ1v) is 6.12. The van der Waals surface area contributed by atoms with E-state index in [1.54, 1.807) is 6.92 Å². The molecule has 1 aromatic rings. The number of hydrogen-bond acceptors (Lipinski definition) is 4. The first-order valence-electron chi connectivity index (χ1n) is 6.12. The fraction of sp³-hybridized carbons (Fsp3) is 0.727. The van der Waals surface area contributed by atoms with Gasteiger partial charge in [-0.05, 0) is 39.2 Å². The van der Waals surface area contributed by atoms with Crippen LogP contribution >= 0.6 is 0 Å². The van der Waals surface area contributed by atoms with Crippen LogP contribution in [0.25, 0.3) is 0 Å². The van der Waals surface area contributed by atoms with Crippen LogP contribution in [0.3, 0.4) is 0 Å². The number of hydrogen-bond donors (Lipinski definition) is 2. The number of nitrogens with two attached hydrogens (primary N) is 1. The smallest absolute Gasteiger partial charge is 0.293 e. The number of piperidine rings is 1. The number of aromatic amines is 1. The third-order valence-corrected chi connectivity index (χ3v) is 3.18. The minimum absolute atomic E-state index is 0.0764. The third-order valence-electron chi connectivity index (χ3n) is 3.18. The number of aryl methyl sites for hydroxylation is 1. The fourth-order valence-corrected chi connectivity index (χ4v) is 2.33. The molecule has 6 nitrogen and oxygen atoms in total. The number of carbonyl (C=O) groups is 1. The lowest BCUT2D eigenvalue weighted by atomic mass is 9.99. The molecule has 1 atom stereocenters. The molecule has 1 saturated heterocycles. The summed E-state index contributed by atoms with van der Waals surface area (Å²) in [5.41, 5.74) is 5.59. The van der Waals surface area contributed by atoms with E-state index in [0.29, 0.717) is 12.4 Å². The zero-order chi connectivity index (χ0) is 12.3. The number of nitrogens with one attached hydrogen (secondary N) is 1. The molecule has 1 fully saturated rings. The molecule has 0 radical (unpaired) electrons. The minimum atomic E-state index is -0.0764. The van der Waals surface area contributed by atoms with Crippen LogP contribution in [0.1, 0.15) is 42.1 Å². The molecular weight excluding hydrogens is 218 g/mol. The molecule has 2 rings (SSSR count). The van der Waals surface area contributed by atoms with Gasteiger partial charge in [-0.15, -0.1) is 5.10 Å². The second kappa shape index (κ2) is 5.27. The van der Waals surface area contributed by atoms with E-state index >= 15 is 0 Å². The summed E-state index contributed by atoms with van der Waals surface area (Å²) in [6, 6.07) is 0.250. The predicted octanol–water partition coefficient (Wildman–Crippen LogP) is 0.457. The molecule has 1 aromatic heterocycles. The molecule has 0 aliphatic carbocycles. The van der Waals surface area contributed by atoms with E-state index in [1.807, 2.05) is 4.90 Å². The highest BCUT2D eigenvalue weighted by molar-refractivity contribution is 5.90. The number of nitrogens with zero attached hydrogens (tertiary/aromatic N) is 3. The highest BCUT2D eigenvalue weighted by atomic mass is 16.2. The van der Waals surface area contributed by atoms with Crippen LogP contribution in [0, 0.1) is 6.92 Å². The molecule has 1 unspecified atom stereocenters. The van der Waals surface area contributed by atoms with Crippen LogP contribution in [-0.2, 0) is 0 Å². The van der Waals surface area contributed by atoms with Crippen LogP contribution in [-0.4, -0.2) is 45.1 Å². The number of aromatic nitrogens is 3. The van der Waals surface area contributed by atoms with Crippen molar-refractivity contribution >= 4 is 5.91 Å². The summed E-state index contributed by atoms with van der Waals surface area (Å²) >= 11 is 0. The van der Waals surface area contributed by atoms with Crippen molar-refractivity contribution in [3.8, 4) is 0 Å². The topological polar surface area (TPSA) is 87.9 Å². The molecule has 0 spiro atoms. The molecule has 0 aromatic carbocycles. The second-order valence-electron chi connectivity index (χ2n) is 4.47. The van der Waals surface area contributed by atoms with Gasteiger partial charge in [0.15, 0.2) is 0 Å². The monoisotopic (exact) mass is 237 g/mol. The van der Waals surface area contributed by atoms with Gasteiger partial charge in [0.1, 0.15) is 5.82 Å². The van der Waals surface area contributed by atoms with Crippen LogP contribution in [0.4, 0.5) is 0 Å². The Balaban J connectivity index is 2.10. The molecular formula is C11H19N5O. The Morgan fingerprint density at radius 3 is 3.06 bits per heavy atom. The van der Waals surface area contributed by atoms with Crippen LogP contribution in [0.2, 0.25) is 0 Å². The first kappa shape index (κ1) is 12.0. The lowest BCUT2D eigenvalue weighted by Gasteiger charge is -2.34. The molecule has 1 aliphatic rings. The lowest BCUT2D eigenvalue weighted by Crippen LogP contribution is -2.45. The van der Waals surface area contributed by atoms with Gasteiger partial charge in [0.05, 0.1) is 0 Å². The quantitative estimate of drug-likeness (QED) is 0.799. The Morgan fingerprint density at radius 2 is 2.41 bits per heavy atom. The Bertz CT molecular complexity index is 387. The van der Waals surface area contributed by atoms with Crippen molar-refractivity contribution in [2.75, 3.05) is 13.1 Å². The SMILES string of the molecule is Cc1nc(C(=O)N2CCCCC2CCN)n[nH]1. The molecule has 94 valence electrons. The molecule has 3 N–H and O–H groups in total. The molecule has 6 heteroatoms. The van der Waals surface area contributed by atoms with Crippen molar-refractivity contribution in [3.63, 3.8) is 0 Å². The minimum Gasteiger partial charge on any atom is -0.333 e. The number of carbonyl (C=O) groups excluding carboxylic acids is 1. The van der Waals surface area contributed by atoms with E-state index in [0.717, 1.165) is 25.8 Å². The zero-order valence-corrected chi connectivity index (χ0v) is 10.1. The Hall–Kier alpha value is -1.43. The molecule has 0 bridgehead atoms. The van der Waals surface area contributed by atoms with Crippen LogP contribution in [0.15, 0.2) is 0 Å². The van der Waals surface area contributed by atoms with E-state index in [4.69, 9.17) is 5.73 Å². The van der Waals surface area contributed by atoms with Crippen molar-refractivity contribution < 1.29 is 4.79 Å². The van der Waals surface area contributed by atoms with Crippen LogP contribution < -0.4 is 5.73 Å². The maximum atomic E-state index is 12.2. The van der Waals surface area contributed by atoms with Crippen LogP contribution in [0.5, 0.6) is 0 Å². The second-order valence-corrected chi connectivity index (χ2v) is 4.47. The van der Waals surface area contributed by atoms with Gasteiger partial charge in [0.2, 0.25) is 5.82 Å². The van der Waals surface area contributed by atoms with Crippen molar-refractivity contribution in [2.24, 2.45) is 5.73 Å². The highest BCUT2D eigenvalue weighted by Gasteiger charge is 2.28. The van der Waals surface area contributed by atoms with Crippen molar-refractivity contribution in [1.82, 2.24) is 20.1 Å². The summed E-state index contributed by atoms with van der Waals surface area (Å²) in [5.74, 6) is 0.861. The van der Waals surface area contributed by atoms with Crippen molar-refractivity contribution in [1.29, 1.82) is 0 Å². The average Bonchev–Trinajstić information content (AvgIpc) is 2.76. The average molecular weight is 237 g/mol. The van der Waals surface area contributed by atoms with E-state index in [1.165, 1.54) is 6.42 Å². The number of likely N-dealkylation sites (tertiary alicyclic amines) is 1. The summed E-state index contributed by atoms with van der Waals surface area (Å²) in [5, 5.41) is 6.63. The van der Waals surface area contributed by atoms with E-state index in [9.17, 15) is 4.79 Å². The van der Waals surface area contributed by atoms with Gasteiger partial charge in [-0.2, -0.15) is 0 Å². The van der Waals surface area contributed by atoms with E-state index in [-0.39, 0.29) is 17.8 Å². The molecule has 0 saturated carbocycles. The fourth-order valence-electron chi connectivity index (χ4n) is 2.33. The standard InChI is InChI=1S/C11H19N5O/c1-8-13-10(15-14-8)11(17)16-7-3-2-4-9(16)5-6-12/h9H,2-7,12H2,1H3,(H,13,14,15). The maximum Gasteiger partial charge on any atom is 0.293 e. The van der Waals surface area contributed by atoms with Gasteiger partial charge in [-0.25, -0.2) is 4.98 Å². The summed E-state index contributed by atoms with van der Waals surface area (Å²) in [7, 11) is 0. The predicted molar refractivity (Wildman–Crippen MR) is 63.5 cm³/mol. The van der Waals surface area contributed by atoms with E-state index in [2.05, 4.69) is 15.2 Å². The van der Waals surface area contributed by atoms with Gasteiger partial charge < -0.3 is 10.6 Å². The first-order chi connectivity index (χ1) is 8.22. The number of amides is 1. The summed E-state index contributed by atoms with van der Waals surface area (Å²) < 4.78 is 0. The van der Waals surface area contributed by atoms with Crippen molar-refractivity contribution in [2.45, 2.75) is 38.6 Å². The highest BCUT2D eigenvalue weighted by Crippen LogP contribution is 2.20. The largest absolute Gasteiger partial charge is 0.333 e. The molecule has 2 heterocycles. The summed E-state index contributed by atoms with van der Waals surface area (Å²) in [4.78, 5) is 18.2. The Morgan fingerprint density at radius 1 is 1.59 bits per heavy atom. The normalized spacial score (nSPS) is 20.6. The molecule has 1 amide bonds. The summed E-state index contributed by atoms with van der Waals surface area (Å²) in [6.07, 6.45) is 4.11. The van der Waals surface area contributed by atoms with Gasteiger partial charge in [0, 0.05) is 12.6 Å². The lowest BCUT2D eigenvalue weighted by molar-refractivity contribution is 0.0592. The third kappa shape index (κ3) is 2.63. The maximum absolute atomic E-state index is 12.2. The summed E-state index contributed by atoms with van der Waals surface area (Å²) in [6.45, 7) is 3.19. The van der Waals surface area contributed by atoms with Gasteiger partial charge >= 0.3 is 0 Å². The van der Waals surface area contributed by atoms with E-state index < -0.39 is 0 Å². The van der Waals surface area contributed by atoms with Gasteiger partial charge in [-0.3, -0.25) is 9.89 Å². The number of rotatable bonds is 3. The Kier molecular flexibility index (Phi) is 3.73. The van der Waals surface area contributed by atoms with Gasteiger partial charge in [0.25, 0.3) is 5.91 Å².